The highest BCUT2D eigenvalue weighted by Gasteiger charge is 2.14. The van der Waals surface area contributed by atoms with E-state index in [1.165, 1.54) is 5.56 Å². The Kier molecular flexibility index (Phi) is 6.67. The largest absolute Gasteiger partial charge is 0.471 e. The van der Waals surface area contributed by atoms with E-state index >= 15 is 0 Å². The first kappa shape index (κ1) is 19.8. The molecule has 0 radical (unpaired) electrons. The monoisotopic (exact) mass is 354 g/mol. The Balaban J connectivity index is 1.97. The van der Waals surface area contributed by atoms with Gasteiger partial charge in [-0.1, -0.05) is 58.0 Å². The summed E-state index contributed by atoms with van der Waals surface area (Å²) in [5.41, 5.74) is 4.30. The molecule has 0 bridgehead atoms. The van der Waals surface area contributed by atoms with Crippen LogP contribution in [-0.4, -0.2) is 12.3 Å². The number of hydrogen-bond acceptors (Lipinski definition) is 2. The van der Waals surface area contributed by atoms with E-state index in [0.717, 1.165) is 22.6 Å². The van der Waals surface area contributed by atoms with Gasteiger partial charge in [-0.05, 0) is 54.5 Å². The SMILES string of the molecule is Cc1cccc(C(C)C)c1NC(=O)NC(C)Oc1ccc(C(C)C)cc1. The summed E-state index contributed by atoms with van der Waals surface area (Å²) in [7, 11) is 0. The molecule has 0 spiro atoms. The van der Waals surface area contributed by atoms with Gasteiger partial charge in [0, 0.05) is 5.69 Å². The first-order chi connectivity index (χ1) is 12.3. The van der Waals surface area contributed by atoms with Crippen LogP contribution in [0.4, 0.5) is 10.5 Å². The number of ether oxygens (including phenoxy) is 1. The maximum Gasteiger partial charge on any atom is 0.322 e. The summed E-state index contributed by atoms with van der Waals surface area (Å²) >= 11 is 0. The van der Waals surface area contributed by atoms with Crippen molar-refractivity contribution in [3.63, 3.8) is 0 Å². The van der Waals surface area contributed by atoms with E-state index in [2.05, 4.69) is 50.5 Å². The van der Waals surface area contributed by atoms with Crippen molar-refractivity contribution in [1.29, 1.82) is 0 Å². The highest BCUT2D eigenvalue weighted by Crippen LogP contribution is 2.27. The van der Waals surface area contributed by atoms with Crippen molar-refractivity contribution in [3.8, 4) is 5.75 Å². The molecule has 2 aromatic rings. The molecule has 0 saturated heterocycles. The lowest BCUT2D eigenvalue weighted by molar-refractivity contribution is 0.183. The van der Waals surface area contributed by atoms with Crippen LogP contribution in [0.2, 0.25) is 0 Å². The summed E-state index contributed by atoms with van der Waals surface area (Å²) in [4.78, 5) is 12.4. The maximum absolute atomic E-state index is 12.4. The van der Waals surface area contributed by atoms with Crippen molar-refractivity contribution < 1.29 is 9.53 Å². The Labute approximate surface area is 157 Å². The minimum atomic E-state index is -0.439. The molecule has 0 fully saturated rings. The molecule has 1 unspecified atom stereocenters. The topological polar surface area (TPSA) is 50.4 Å². The third-order valence-electron chi connectivity index (χ3n) is 4.36. The number of anilines is 1. The van der Waals surface area contributed by atoms with Crippen molar-refractivity contribution in [3.05, 3.63) is 59.2 Å². The molecule has 0 heterocycles. The molecule has 2 N–H and O–H groups in total. The number of hydrogen-bond donors (Lipinski definition) is 2. The zero-order valence-corrected chi connectivity index (χ0v) is 16.6. The molecule has 140 valence electrons. The Morgan fingerprint density at radius 2 is 1.58 bits per heavy atom. The predicted octanol–water partition coefficient (Wildman–Crippen LogP) is 5.79. The zero-order chi connectivity index (χ0) is 19.3. The van der Waals surface area contributed by atoms with Gasteiger partial charge in [-0.2, -0.15) is 0 Å². The van der Waals surface area contributed by atoms with Crippen LogP contribution in [0.25, 0.3) is 0 Å². The van der Waals surface area contributed by atoms with Gasteiger partial charge in [-0.3, -0.25) is 0 Å². The number of rotatable bonds is 6. The molecule has 0 saturated carbocycles. The van der Waals surface area contributed by atoms with Gasteiger partial charge in [0.2, 0.25) is 0 Å². The fourth-order valence-corrected chi connectivity index (χ4v) is 2.84. The second-order valence-electron chi connectivity index (χ2n) is 7.28. The highest BCUT2D eigenvalue weighted by atomic mass is 16.5. The van der Waals surface area contributed by atoms with Gasteiger partial charge in [0.15, 0.2) is 6.23 Å². The average molecular weight is 354 g/mol. The van der Waals surface area contributed by atoms with Gasteiger partial charge in [-0.15, -0.1) is 0 Å². The Morgan fingerprint density at radius 1 is 0.923 bits per heavy atom. The van der Waals surface area contributed by atoms with Gasteiger partial charge in [-0.25, -0.2) is 4.79 Å². The van der Waals surface area contributed by atoms with Gasteiger partial charge in [0.1, 0.15) is 5.75 Å². The molecule has 2 aromatic carbocycles. The summed E-state index contributed by atoms with van der Waals surface area (Å²) in [6.45, 7) is 12.4. The van der Waals surface area contributed by atoms with Crippen LogP contribution in [0.3, 0.4) is 0 Å². The fourth-order valence-electron chi connectivity index (χ4n) is 2.84. The number of para-hydroxylation sites is 1. The van der Waals surface area contributed by atoms with Crippen molar-refractivity contribution in [2.75, 3.05) is 5.32 Å². The third-order valence-corrected chi connectivity index (χ3v) is 4.36. The van der Waals surface area contributed by atoms with Crippen molar-refractivity contribution in [2.45, 2.75) is 59.6 Å². The summed E-state index contributed by atoms with van der Waals surface area (Å²) < 4.78 is 5.79. The lowest BCUT2D eigenvalue weighted by atomic mass is 9.98. The molecule has 2 rings (SSSR count). The zero-order valence-electron chi connectivity index (χ0n) is 16.6. The van der Waals surface area contributed by atoms with E-state index in [1.807, 2.05) is 44.2 Å². The number of amides is 2. The molecule has 0 aromatic heterocycles. The molecule has 0 aliphatic heterocycles. The lowest BCUT2D eigenvalue weighted by Gasteiger charge is -2.20. The van der Waals surface area contributed by atoms with E-state index in [1.54, 1.807) is 0 Å². The van der Waals surface area contributed by atoms with Crippen molar-refractivity contribution >= 4 is 11.7 Å². The molecule has 26 heavy (non-hydrogen) atoms. The van der Waals surface area contributed by atoms with Crippen LogP contribution in [-0.2, 0) is 0 Å². The summed E-state index contributed by atoms with van der Waals surface area (Å²) in [6, 6.07) is 13.8. The smallest absolute Gasteiger partial charge is 0.322 e. The first-order valence-corrected chi connectivity index (χ1v) is 9.21. The molecule has 4 heteroatoms. The van der Waals surface area contributed by atoms with E-state index in [4.69, 9.17) is 4.74 Å². The Bertz CT molecular complexity index is 736. The lowest BCUT2D eigenvalue weighted by Crippen LogP contribution is -2.39. The van der Waals surface area contributed by atoms with Gasteiger partial charge in [0.25, 0.3) is 0 Å². The quantitative estimate of drug-likeness (QED) is 0.645. The summed E-state index contributed by atoms with van der Waals surface area (Å²) in [5, 5.41) is 5.81. The molecule has 4 nitrogen and oxygen atoms in total. The molecule has 2 amide bonds. The van der Waals surface area contributed by atoms with E-state index in [9.17, 15) is 4.79 Å². The third kappa shape index (κ3) is 5.25. The van der Waals surface area contributed by atoms with Crippen LogP contribution in [0.1, 0.15) is 63.1 Å². The Morgan fingerprint density at radius 3 is 2.15 bits per heavy atom. The summed E-state index contributed by atoms with van der Waals surface area (Å²) in [5.74, 6) is 1.55. The minimum Gasteiger partial charge on any atom is -0.471 e. The van der Waals surface area contributed by atoms with Crippen molar-refractivity contribution in [2.24, 2.45) is 0 Å². The molecular formula is C22H30N2O2. The predicted molar refractivity (Wildman–Crippen MR) is 108 cm³/mol. The number of carbonyl (C=O) groups excluding carboxylic acids is 1. The maximum atomic E-state index is 12.4. The van der Waals surface area contributed by atoms with Crippen LogP contribution in [0, 0.1) is 6.92 Å². The normalized spacial score (nSPS) is 12.2. The van der Waals surface area contributed by atoms with Crippen LogP contribution in [0.15, 0.2) is 42.5 Å². The van der Waals surface area contributed by atoms with Crippen LogP contribution < -0.4 is 15.4 Å². The standard InChI is InChI=1S/C22H30N2O2/c1-14(2)18-10-12-19(13-11-18)26-17(6)23-22(25)24-21-16(5)8-7-9-20(21)15(3)4/h7-15,17H,1-6H3,(H2,23,24,25). The number of carbonyl (C=O) groups is 1. The van der Waals surface area contributed by atoms with Gasteiger partial charge < -0.3 is 15.4 Å². The molecule has 0 aliphatic rings. The number of benzene rings is 2. The van der Waals surface area contributed by atoms with E-state index in [-0.39, 0.29) is 6.03 Å². The van der Waals surface area contributed by atoms with E-state index in [0.29, 0.717) is 11.8 Å². The van der Waals surface area contributed by atoms with Gasteiger partial charge in [0.05, 0.1) is 0 Å². The number of urea groups is 1. The van der Waals surface area contributed by atoms with Crippen LogP contribution >= 0.6 is 0 Å². The number of nitrogens with one attached hydrogen (secondary N) is 2. The second kappa shape index (κ2) is 8.75. The first-order valence-electron chi connectivity index (χ1n) is 9.21. The minimum absolute atomic E-state index is 0.271. The summed E-state index contributed by atoms with van der Waals surface area (Å²) in [6.07, 6.45) is -0.439. The Hall–Kier alpha value is -2.49. The van der Waals surface area contributed by atoms with Crippen molar-refractivity contribution in [1.82, 2.24) is 5.32 Å². The van der Waals surface area contributed by atoms with E-state index < -0.39 is 6.23 Å². The van der Waals surface area contributed by atoms with Crippen LogP contribution in [0.5, 0.6) is 5.75 Å². The molecule has 0 aliphatic carbocycles. The van der Waals surface area contributed by atoms with Gasteiger partial charge >= 0.3 is 6.03 Å². The average Bonchev–Trinajstić information content (AvgIpc) is 2.56. The molecular weight excluding hydrogens is 324 g/mol. The second-order valence-corrected chi connectivity index (χ2v) is 7.28. The fraction of sp³-hybridized carbons (Fsp3) is 0.409. The molecule has 1 atom stereocenters. The highest BCUT2D eigenvalue weighted by molar-refractivity contribution is 5.91. The number of aryl methyl sites for hydroxylation is 1.